The highest BCUT2D eigenvalue weighted by Gasteiger charge is 2.19. The average molecular weight is 323 g/mol. The lowest BCUT2D eigenvalue weighted by atomic mass is 9.99. The summed E-state index contributed by atoms with van der Waals surface area (Å²) in [5.74, 6) is 0.580. The van der Waals surface area contributed by atoms with Crippen LogP contribution in [0.1, 0.15) is 36.8 Å². The Morgan fingerprint density at radius 1 is 1.08 bits per heavy atom. The van der Waals surface area contributed by atoms with Gasteiger partial charge in [0.25, 0.3) is 0 Å². The molecule has 1 fully saturated rings. The van der Waals surface area contributed by atoms with Crippen LogP contribution in [0.5, 0.6) is 0 Å². The Kier molecular flexibility index (Phi) is 6.39. The third kappa shape index (κ3) is 5.15. The lowest BCUT2D eigenvalue weighted by Crippen LogP contribution is -2.44. The van der Waals surface area contributed by atoms with Gasteiger partial charge in [0.1, 0.15) is 0 Å². The predicted octanol–water partition coefficient (Wildman–Crippen LogP) is 3.48. The van der Waals surface area contributed by atoms with Gasteiger partial charge < -0.3 is 10.2 Å². The van der Waals surface area contributed by atoms with Crippen LogP contribution in [-0.2, 0) is 6.42 Å². The minimum atomic E-state index is 0.580. The lowest BCUT2D eigenvalue weighted by molar-refractivity contribution is 0.199. The first kappa shape index (κ1) is 17.1. The number of nitrogens with one attached hydrogen (secondary N) is 1. The van der Waals surface area contributed by atoms with E-state index in [1.807, 2.05) is 12.4 Å². The maximum absolute atomic E-state index is 4.08. The molecule has 1 N–H and O–H groups in total. The lowest BCUT2D eigenvalue weighted by Gasteiger charge is -2.33. The Bertz CT molecular complexity index is 577. The van der Waals surface area contributed by atoms with Crippen molar-refractivity contribution in [2.45, 2.75) is 38.1 Å². The van der Waals surface area contributed by atoms with E-state index >= 15 is 0 Å². The SMILES string of the molecule is C[C@@H](CNC1CCN(CCc2ccncc2)CC1)c1ccccc1. The quantitative estimate of drug-likeness (QED) is 0.845. The number of hydrogen-bond donors (Lipinski definition) is 1. The molecule has 1 aliphatic heterocycles. The van der Waals surface area contributed by atoms with Gasteiger partial charge in [-0.2, -0.15) is 0 Å². The summed E-state index contributed by atoms with van der Waals surface area (Å²) in [5.41, 5.74) is 2.82. The Morgan fingerprint density at radius 3 is 2.50 bits per heavy atom. The number of aromatic nitrogens is 1. The van der Waals surface area contributed by atoms with Gasteiger partial charge in [0.15, 0.2) is 0 Å². The van der Waals surface area contributed by atoms with Gasteiger partial charge in [-0.05, 0) is 61.5 Å². The molecule has 0 spiro atoms. The molecule has 0 aliphatic carbocycles. The molecule has 0 bridgehead atoms. The number of likely N-dealkylation sites (tertiary alicyclic amines) is 1. The topological polar surface area (TPSA) is 28.2 Å². The fraction of sp³-hybridized carbons (Fsp3) is 0.476. The highest BCUT2D eigenvalue weighted by molar-refractivity contribution is 5.19. The summed E-state index contributed by atoms with van der Waals surface area (Å²) in [4.78, 5) is 6.68. The molecule has 0 saturated carbocycles. The number of piperidine rings is 1. The Hall–Kier alpha value is -1.71. The Balaban J connectivity index is 1.35. The molecular formula is C21H29N3. The average Bonchev–Trinajstić information content (AvgIpc) is 2.67. The van der Waals surface area contributed by atoms with Crippen LogP contribution >= 0.6 is 0 Å². The Labute approximate surface area is 146 Å². The standard InChI is InChI=1S/C21H29N3/c1-18(20-5-3-2-4-6-20)17-23-21-10-15-24(16-11-21)14-9-19-7-12-22-13-8-19/h2-8,12-13,18,21,23H,9-11,14-17H2,1H3/t18-/m0/s1. The Morgan fingerprint density at radius 2 is 1.79 bits per heavy atom. The first-order valence-electron chi connectivity index (χ1n) is 9.21. The molecule has 128 valence electrons. The summed E-state index contributed by atoms with van der Waals surface area (Å²) < 4.78 is 0. The van der Waals surface area contributed by atoms with Crippen molar-refractivity contribution >= 4 is 0 Å². The smallest absolute Gasteiger partial charge is 0.0270 e. The summed E-state index contributed by atoms with van der Waals surface area (Å²) in [7, 11) is 0. The molecule has 1 aliphatic rings. The van der Waals surface area contributed by atoms with E-state index in [1.54, 1.807) is 0 Å². The van der Waals surface area contributed by atoms with Crippen molar-refractivity contribution in [2.24, 2.45) is 0 Å². The van der Waals surface area contributed by atoms with Crippen LogP contribution in [-0.4, -0.2) is 42.1 Å². The van der Waals surface area contributed by atoms with Gasteiger partial charge in [-0.1, -0.05) is 37.3 Å². The van der Waals surface area contributed by atoms with Crippen LogP contribution in [0.15, 0.2) is 54.9 Å². The van der Waals surface area contributed by atoms with Crippen molar-refractivity contribution < 1.29 is 0 Å². The van der Waals surface area contributed by atoms with Gasteiger partial charge in [-0.3, -0.25) is 4.98 Å². The van der Waals surface area contributed by atoms with Crippen molar-refractivity contribution in [3.63, 3.8) is 0 Å². The van der Waals surface area contributed by atoms with Gasteiger partial charge in [-0.25, -0.2) is 0 Å². The zero-order chi connectivity index (χ0) is 16.6. The van der Waals surface area contributed by atoms with Crippen LogP contribution in [0.3, 0.4) is 0 Å². The largest absolute Gasteiger partial charge is 0.313 e. The molecule has 1 aromatic carbocycles. The second kappa shape index (κ2) is 8.95. The summed E-state index contributed by atoms with van der Waals surface area (Å²) in [6.07, 6.45) is 7.43. The molecule has 3 nitrogen and oxygen atoms in total. The summed E-state index contributed by atoms with van der Waals surface area (Å²) in [6, 6.07) is 15.7. The zero-order valence-corrected chi connectivity index (χ0v) is 14.7. The number of rotatable bonds is 7. The molecule has 0 unspecified atom stereocenters. The fourth-order valence-corrected chi connectivity index (χ4v) is 3.44. The maximum Gasteiger partial charge on any atom is 0.0270 e. The second-order valence-corrected chi connectivity index (χ2v) is 6.94. The normalized spacial score (nSPS) is 17.7. The highest BCUT2D eigenvalue weighted by atomic mass is 15.1. The molecule has 3 rings (SSSR count). The summed E-state index contributed by atoms with van der Waals surface area (Å²) >= 11 is 0. The van der Waals surface area contributed by atoms with E-state index in [2.05, 4.69) is 64.6 Å². The van der Waals surface area contributed by atoms with E-state index < -0.39 is 0 Å². The summed E-state index contributed by atoms with van der Waals surface area (Å²) in [5, 5.41) is 3.78. The molecule has 0 amide bonds. The van der Waals surface area contributed by atoms with Crippen LogP contribution < -0.4 is 5.32 Å². The van der Waals surface area contributed by atoms with Crippen molar-refractivity contribution in [3.8, 4) is 0 Å². The van der Waals surface area contributed by atoms with Crippen LogP contribution in [0.25, 0.3) is 0 Å². The van der Waals surface area contributed by atoms with Crippen molar-refractivity contribution in [3.05, 3.63) is 66.0 Å². The molecule has 1 saturated heterocycles. The van der Waals surface area contributed by atoms with E-state index in [9.17, 15) is 0 Å². The molecule has 3 heteroatoms. The van der Waals surface area contributed by atoms with Crippen LogP contribution in [0.2, 0.25) is 0 Å². The molecule has 24 heavy (non-hydrogen) atoms. The molecule has 2 aromatic rings. The number of benzene rings is 1. The molecule has 1 atom stereocenters. The number of pyridine rings is 1. The minimum Gasteiger partial charge on any atom is -0.313 e. The van der Waals surface area contributed by atoms with Crippen molar-refractivity contribution in [1.82, 2.24) is 15.2 Å². The molecule has 0 radical (unpaired) electrons. The first-order valence-corrected chi connectivity index (χ1v) is 9.21. The van der Waals surface area contributed by atoms with Gasteiger partial charge >= 0.3 is 0 Å². The van der Waals surface area contributed by atoms with E-state index in [4.69, 9.17) is 0 Å². The molecule has 1 aromatic heterocycles. The predicted molar refractivity (Wildman–Crippen MR) is 100 cm³/mol. The van der Waals surface area contributed by atoms with Crippen molar-refractivity contribution in [1.29, 1.82) is 0 Å². The van der Waals surface area contributed by atoms with E-state index in [0.29, 0.717) is 12.0 Å². The third-order valence-electron chi connectivity index (χ3n) is 5.13. The number of nitrogens with zero attached hydrogens (tertiary/aromatic N) is 2. The minimum absolute atomic E-state index is 0.580. The second-order valence-electron chi connectivity index (χ2n) is 6.94. The summed E-state index contributed by atoms with van der Waals surface area (Å²) in [6.45, 7) is 6.97. The fourth-order valence-electron chi connectivity index (χ4n) is 3.44. The van der Waals surface area contributed by atoms with E-state index in [1.165, 1.54) is 37.1 Å². The maximum atomic E-state index is 4.08. The van der Waals surface area contributed by atoms with E-state index in [0.717, 1.165) is 19.5 Å². The zero-order valence-electron chi connectivity index (χ0n) is 14.7. The van der Waals surface area contributed by atoms with Gasteiger partial charge in [-0.15, -0.1) is 0 Å². The molecule has 2 heterocycles. The van der Waals surface area contributed by atoms with Crippen LogP contribution in [0, 0.1) is 0 Å². The highest BCUT2D eigenvalue weighted by Crippen LogP contribution is 2.16. The van der Waals surface area contributed by atoms with Gasteiger partial charge in [0.2, 0.25) is 0 Å². The number of hydrogen-bond acceptors (Lipinski definition) is 3. The monoisotopic (exact) mass is 323 g/mol. The van der Waals surface area contributed by atoms with Crippen LogP contribution in [0.4, 0.5) is 0 Å². The first-order chi connectivity index (χ1) is 11.8. The van der Waals surface area contributed by atoms with Crippen molar-refractivity contribution in [2.75, 3.05) is 26.2 Å². The van der Waals surface area contributed by atoms with E-state index in [-0.39, 0.29) is 0 Å². The molecular weight excluding hydrogens is 294 g/mol. The van der Waals surface area contributed by atoms with Gasteiger partial charge in [0, 0.05) is 31.5 Å². The van der Waals surface area contributed by atoms with Gasteiger partial charge in [0.05, 0.1) is 0 Å². The third-order valence-corrected chi connectivity index (χ3v) is 5.13.